The smallest absolute Gasteiger partial charge is 0.330 e. The summed E-state index contributed by atoms with van der Waals surface area (Å²) in [6, 6.07) is 0. The zero-order valence-corrected chi connectivity index (χ0v) is 13.6. The number of rotatable bonds is 11. The van der Waals surface area contributed by atoms with Gasteiger partial charge in [0.2, 0.25) is 0 Å². The van der Waals surface area contributed by atoms with Crippen molar-refractivity contribution in [3.63, 3.8) is 0 Å². The van der Waals surface area contributed by atoms with E-state index >= 15 is 0 Å². The molecule has 0 bridgehead atoms. The van der Waals surface area contributed by atoms with Crippen LogP contribution in [-0.2, 0) is 14.3 Å². The fourth-order valence-corrected chi connectivity index (χ4v) is 2.84. The quantitative estimate of drug-likeness (QED) is 0.312. The highest BCUT2D eigenvalue weighted by Crippen LogP contribution is 2.24. The lowest BCUT2D eigenvalue weighted by molar-refractivity contribution is -0.145. The van der Waals surface area contributed by atoms with Crippen molar-refractivity contribution in [1.82, 2.24) is 0 Å². The highest BCUT2D eigenvalue weighted by atomic mass is 16.5. The van der Waals surface area contributed by atoms with E-state index in [1.165, 1.54) is 51.0 Å². The Morgan fingerprint density at radius 1 is 1.00 bits per heavy atom. The highest BCUT2D eigenvalue weighted by Gasteiger charge is 2.23. The van der Waals surface area contributed by atoms with Crippen molar-refractivity contribution in [3.8, 4) is 0 Å². The summed E-state index contributed by atoms with van der Waals surface area (Å²) in [5, 5.41) is 0. The van der Waals surface area contributed by atoms with E-state index in [1.807, 2.05) is 0 Å². The first kappa shape index (κ1) is 18.2. The molecule has 0 aromatic heterocycles. The minimum absolute atomic E-state index is 0.0638. The van der Waals surface area contributed by atoms with Crippen LogP contribution in [0.15, 0.2) is 12.7 Å². The Balaban J connectivity index is 1.93. The van der Waals surface area contributed by atoms with E-state index < -0.39 is 0 Å². The van der Waals surface area contributed by atoms with Gasteiger partial charge >= 0.3 is 5.97 Å². The third kappa shape index (κ3) is 8.92. The van der Waals surface area contributed by atoms with E-state index in [2.05, 4.69) is 13.5 Å². The van der Waals surface area contributed by atoms with Crippen LogP contribution >= 0.6 is 0 Å². The molecule has 0 heterocycles. The molecular formula is C18H32O3. The number of carbonyl (C=O) groups excluding carboxylic acids is 1. The monoisotopic (exact) mass is 296 g/mol. The molecule has 1 rings (SSSR count). The van der Waals surface area contributed by atoms with Crippen LogP contribution in [-0.4, -0.2) is 24.8 Å². The largest absolute Gasteiger partial charge is 0.459 e. The molecular weight excluding hydrogens is 264 g/mol. The van der Waals surface area contributed by atoms with Crippen molar-refractivity contribution in [2.45, 2.75) is 89.8 Å². The first-order valence-corrected chi connectivity index (χ1v) is 8.71. The van der Waals surface area contributed by atoms with Gasteiger partial charge in [-0.25, -0.2) is 4.79 Å². The molecule has 0 radical (unpaired) electrons. The molecule has 0 N–H and O–H groups in total. The zero-order chi connectivity index (χ0) is 15.3. The van der Waals surface area contributed by atoms with Gasteiger partial charge < -0.3 is 9.47 Å². The van der Waals surface area contributed by atoms with Crippen LogP contribution in [0.5, 0.6) is 0 Å². The molecule has 0 saturated heterocycles. The SMILES string of the molecule is C=CC(=O)OC1CCC(OCCCCCCCCC)CC1. The van der Waals surface area contributed by atoms with Crippen molar-refractivity contribution < 1.29 is 14.3 Å². The number of hydrogen-bond acceptors (Lipinski definition) is 3. The molecule has 1 saturated carbocycles. The van der Waals surface area contributed by atoms with Crippen molar-refractivity contribution in [1.29, 1.82) is 0 Å². The fourth-order valence-electron chi connectivity index (χ4n) is 2.84. The summed E-state index contributed by atoms with van der Waals surface area (Å²) in [4.78, 5) is 11.1. The van der Waals surface area contributed by atoms with Crippen molar-refractivity contribution in [2.24, 2.45) is 0 Å². The Labute approximate surface area is 130 Å². The summed E-state index contributed by atoms with van der Waals surface area (Å²) in [5.74, 6) is -0.303. The number of carbonyl (C=O) groups is 1. The maximum Gasteiger partial charge on any atom is 0.330 e. The summed E-state index contributed by atoms with van der Waals surface area (Å²) in [7, 11) is 0. The normalized spacial score (nSPS) is 22.0. The van der Waals surface area contributed by atoms with Crippen molar-refractivity contribution >= 4 is 5.97 Å². The third-order valence-corrected chi connectivity index (χ3v) is 4.17. The second-order valence-corrected chi connectivity index (χ2v) is 6.03. The molecule has 0 spiro atoms. The molecule has 0 amide bonds. The van der Waals surface area contributed by atoms with Gasteiger partial charge in [-0.3, -0.25) is 0 Å². The molecule has 0 aromatic carbocycles. The molecule has 0 unspecified atom stereocenters. The summed E-state index contributed by atoms with van der Waals surface area (Å²) >= 11 is 0. The highest BCUT2D eigenvalue weighted by molar-refractivity contribution is 5.81. The molecule has 1 fully saturated rings. The fraction of sp³-hybridized carbons (Fsp3) is 0.833. The van der Waals surface area contributed by atoms with Gasteiger partial charge in [-0.2, -0.15) is 0 Å². The van der Waals surface area contributed by atoms with Crippen LogP contribution in [0.3, 0.4) is 0 Å². The maximum absolute atomic E-state index is 11.1. The first-order valence-electron chi connectivity index (χ1n) is 8.71. The third-order valence-electron chi connectivity index (χ3n) is 4.17. The summed E-state index contributed by atoms with van der Waals surface area (Å²) in [6.45, 7) is 6.56. The van der Waals surface area contributed by atoms with Gasteiger partial charge in [0.05, 0.1) is 6.10 Å². The van der Waals surface area contributed by atoms with E-state index in [0.29, 0.717) is 6.10 Å². The second-order valence-electron chi connectivity index (χ2n) is 6.03. The number of unbranched alkanes of at least 4 members (excludes halogenated alkanes) is 6. The summed E-state index contributed by atoms with van der Waals surface area (Å²) in [6.07, 6.45) is 14.8. The summed E-state index contributed by atoms with van der Waals surface area (Å²) in [5.41, 5.74) is 0. The van der Waals surface area contributed by atoms with Crippen LogP contribution in [0.25, 0.3) is 0 Å². The molecule has 3 nitrogen and oxygen atoms in total. The summed E-state index contributed by atoms with van der Waals surface area (Å²) < 4.78 is 11.2. The van der Waals surface area contributed by atoms with Crippen molar-refractivity contribution in [2.75, 3.05) is 6.61 Å². The van der Waals surface area contributed by atoms with E-state index in [0.717, 1.165) is 32.3 Å². The van der Waals surface area contributed by atoms with Gasteiger partial charge in [-0.05, 0) is 32.1 Å². The van der Waals surface area contributed by atoms with Gasteiger partial charge in [0.15, 0.2) is 0 Å². The maximum atomic E-state index is 11.1. The van der Waals surface area contributed by atoms with Crippen LogP contribution in [0, 0.1) is 0 Å². The number of hydrogen-bond donors (Lipinski definition) is 0. The average molecular weight is 296 g/mol. The Kier molecular flexibility index (Phi) is 10.2. The lowest BCUT2D eigenvalue weighted by atomic mass is 9.95. The standard InChI is InChI=1S/C18H32O3/c1-3-5-6-7-8-9-10-15-20-16-11-13-17(14-12-16)21-18(19)4-2/h4,16-17H,2-3,5-15H2,1H3. The van der Waals surface area contributed by atoms with Gasteiger partial charge in [0.1, 0.15) is 6.10 Å². The molecule has 0 aliphatic heterocycles. The number of ether oxygens (including phenoxy) is 2. The average Bonchev–Trinajstić information content (AvgIpc) is 2.51. The van der Waals surface area contributed by atoms with Crippen LogP contribution in [0.2, 0.25) is 0 Å². The predicted molar refractivity (Wildman–Crippen MR) is 86.3 cm³/mol. The molecule has 1 aliphatic carbocycles. The number of esters is 1. The molecule has 0 aromatic rings. The van der Waals surface area contributed by atoms with Crippen LogP contribution in [0.4, 0.5) is 0 Å². The first-order chi connectivity index (χ1) is 10.3. The van der Waals surface area contributed by atoms with E-state index in [9.17, 15) is 4.79 Å². The Morgan fingerprint density at radius 3 is 2.19 bits per heavy atom. The Bertz CT molecular complexity index is 280. The minimum Gasteiger partial charge on any atom is -0.459 e. The lowest BCUT2D eigenvalue weighted by Gasteiger charge is -2.28. The lowest BCUT2D eigenvalue weighted by Crippen LogP contribution is -2.28. The van der Waals surface area contributed by atoms with E-state index in [-0.39, 0.29) is 12.1 Å². The van der Waals surface area contributed by atoms with Gasteiger partial charge in [0.25, 0.3) is 0 Å². The zero-order valence-electron chi connectivity index (χ0n) is 13.6. The molecule has 21 heavy (non-hydrogen) atoms. The molecule has 122 valence electrons. The van der Waals surface area contributed by atoms with Crippen LogP contribution < -0.4 is 0 Å². The Morgan fingerprint density at radius 2 is 1.57 bits per heavy atom. The van der Waals surface area contributed by atoms with Crippen LogP contribution in [0.1, 0.15) is 77.6 Å². The van der Waals surface area contributed by atoms with Gasteiger partial charge in [-0.15, -0.1) is 0 Å². The van der Waals surface area contributed by atoms with Crippen molar-refractivity contribution in [3.05, 3.63) is 12.7 Å². The Hall–Kier alpha value is -0.830. The topological polar surface area (TPSA) is 35.5 Å². The van der Waals surface area contributed by atoms with Gasteiger partial charge in [-0.1, -0.05) is 52.0 Å². The second kappa shape index (κ2) is 11.8. The minimum atomic E-state index is -0.303. The molecule has 0 atom stereocenters. The van der Waals surface area contributed by atoms with E-state index in [1.54, 1.807) is 0 Å². The molecule has 3 heteroatoms. The van der Waals surface area contributed by atoms with Gasteiger partial charge in [0, 0.05) is 12.7 Å². The van der Waals surface area contributed by atoms with E-state index in [4.69, 9.17) is 9.47 Å². The predicted octanol–water partition coefficient (Wildman–Crippen LogP) is 4.79. The molecule has 1 aliphatic rings.